The molecule has 0 fully saturated rings. The Kier molecular flexibility index (Phi) is 3.98. The Balaban J connectivity index is 1.92. The van der Waals surface area contributed by atoms with Crippen molar-refractivity contribution < 1.29 is 0 Å². The first-order valence-corrected chi connectivity index (χ1v) is 7.54. The van der Waals surface area contributed by atoms with Crippen molar-refractivity contribution in [1.29, 1.82) is 0 Å². The van der Waals surface area contributed by atoms with Gasteiger partial charge in [0.25, 0.3) is 0 Å². The maximum absolute atomic E-state index is 6.19. The summed E-state index contributed by atoms with van der Waals surface area (Å²) in [6.07, 6.45) is 0.734. The van der Waals surface area contributed by atoms with Crippen LogP contribution in [0.1, 0.15) is 5.56 Å². The highest BCUT2D eigenvalue weighted by Gasteiger charge is 2.11. The molecule has 2 N–H and O–H groups in total. The number of nitrogens with two attached hydrogens (primary N) is 1. The number of fused-ring (bicyclic) bond motifs is 1. The van der Waals surface area contributed by atoms with Gasteiger partial charge in [0.1, 0.15) is 5.52 Å². The summed E-state index contributed by atoms with van der Waals surface area (Å²) in [5, 5.41) is 1.88. The van der Waals surface area contributed by atoms with E-state index in [4.69, 9.17) is 40.5 Å². The number of aromatic nitrogens is 2. The van der Waals surface area contributed by atoms with Crippen molar-refractivity contribution in [2.24, 2.45) is 0 Å². The average Bonchev–Trinajstić information content (AvgIpc) is 2.76. The van der Waals surface area contributed by atoms with Gasteiger partial charge in [-0.05, 0) is 36.2 Å². The Morgan fingerprint density at radius 1 is 1.05 bits per heavy atom. The van der Waals surface area contributed by atoms with Gasteiger partial charge >= 0.3 is 0 Å². The normalized spacial score (nSPS) is 11.2. The molecule has 0 unspecified atom stereocenters. The number of hydrogen-bond donors (Lipinski definition) is 1. The fourth-order valence-corrected chi connectivity index (χ4v) is 3.04. The fourth-order valence-electron chi connectivity index (χ4n) is 2.32. The van der Waals surface area contributed by atoms with Crippen molar-refractivity contribution in [3.05, 3.63) is 57.0 Å². The lowest BCUT2D eigenvalue weighted by Gasteiger charge is -2.08. The molecule has 1 aromatic heterocycles. The van der Waals surface area contributed by atoms with Crippen molar-refractivity contribution in [3.63, 3.8) is 0 Å². The molecule has 0 amide bonds. The molecule has 6 heteroatoms. The molecule has 1 heterocycles. The van der Waals surface area contributed by atoms with Gasteiger partial charge in [-0.25, -0.2) is 4.98 Å². The van der Waals surface area contributed by atoms with Crippen LogP contribution in [0.15, 0.2) is 36.4 Å². The number of nitrogen functional groups attached to an aromatic ring is 1. The summed E-state index contributed by atoms with van der Waals surface area (Å²) < 4.78 is 1.94. The highest BCUT2D eigenvalue weighted by atomic mass is 35.5. The standard InChI is InChI=1S/C15H12Cl3N3/c16-10-5-4-9(12(18)8-10)6-7-21-13-3-1-2-11(17)14(13)20-15(21)19/h1-5,8H,6-7H2,(H2,19,20). The van der Waals surface area contributed by atoms with E-state index in [1.54, 1.807) is 12.1 Å². The molecule has 3 nitrogen and oxygen atoms in total. The molecule has 0 saturated carbocycles. The Morgan fingerprint density at radius 2 is 1.86 bits per heavy atom. The number of rotatable bonds is 3. The summed E-state index contributed by atoms with van der Waals surface area (Å²) in [7, 11) is 0. The minimum absolute atomic E-state index is 0.447. The van der Waals surface area contributed by atoms with Gasteiger partial charge in [0.15, 0.2) is 0 Å². The van der Waals surface area contributed by atoms with Gasteiger partial charge in [0, 0.05) is 16.6 Å². The number of aryl methyl sites for hydroxylation is 2. The van der Waals surface area contributed by atoms with Crippen LogP contribution in [-0.2, 0) is 13.0 Å². The van der Waals surface area contributed by atoms with Gasteiger partial charge in [-0.2, -0.15) is 0 Å². The first-order valence-electron chi connectivity index (χ1n) is 6.40. The number of anilines is 1. The fraction of sp³-hybridized carbons (Fsp3) is 0.133. The van der Waals surface area contributed by atoms with Gasteiger partial charge in [-0.1, -0.05) is 46.9 Å². The first kappa shape index (κ1) is 14.5. The van der Waals surface area contributed by atoms with Crippen molar-refractivity contribution in [2.75, 3.05) is 5.73 Å². The van der Waals surface area contributed by atoms with E-state index in [2.05, 4.69) is 4.98 Å². The molecule has 0 bridgehead atoms. The first-order chi connectivity index (χ1) is 10.1. The van der Waals surface area contributed by atoms with Crippen LogP contribution in [0.25, 0.3) is 11.0 Å². The zero-order valence-electron chi connectivity index (χ0n) is 11.0. The van der Waals surface area contributed by atoms with Crippen LogP contribution >= 0.6 is 34.8 Å². The molecule has 0 saturated heterocycles. The molecule has 0 atom stereocenters. The van der Waals surface area contributed by atoms with Crippen LogP contribution in [0.3, 0.4) is 0 Å². The van der Waals surface area contributed by atoms with Crippen molar-refractivity contribution in [1.82, 2.24) is 9.55 Å². The summed E-state index contributed by atoms with van der Waals surface area (Å²) in [6.45, 7) is 0.671. The monoisotopic (exact) mass is 339 g/mol. The molecule has 3 rings (SSSR count). The SMILES string of the molecule is Nc1nc2c(Cl)cccc2n1CCc1ccc(Cl)cc1Cl. The van der Waals surface area contributed by atoms with Crippen LogP contribution in [0, 0.1) is 0 Å². The number of para-hydroxylation sites is 1. The third-order valence-electron chi connectivity index (χ3n) is 3.38. The second-order valence-corrected chi connectivity index (χ2v) is 5.97. The Labute approximate surface area is 137 Å². The highest BCUT2D eigenvalue weighted by molar-refractivity contribution is 6.35. The van der Waals surface area contributed by atoms with Crippen LogP contribution in [0.2, 0.25) is 15.1 Å². The van der Waals surface area contributed by atoms with E-state index in [1.165, 1.54) is 0 Å². The molecule has 0 aliphatic rings. The number of hydrogen-bond acceptors (Lipinski definition) is 2. The predicted octanol–water partition coefficient (Wildman–Crippen LogP) is 4.82. The van der Waals surface area contributed by atoms with Gasteiger partial charge < -0.3 is 10.3 Å². The zero-order valence-corrected chi connectivity index (χ0v) is 13.3. The summed E-state index contributed by atoms with van der Waals surface area (Å²) in [5.41, 5.74) is 8.65. The maximum atomic E-state index is 6.19. The minimum Gasteiger partial charge on any atom is -0.369 e. The van der Waals surface area contributed by atoms with Gasteiger partial charge in [0.2, 0.25) is 5.95 Å². The average molecular weight is 341 g/mol. The maximum Gasteiger partial charge on any atom is 0.201 e. The van der Waals surface area contributed by atoms with Gasteiger partial charge in [-0.15, -0.1) is 0 Å². The molecule has 108 valence electrons. The van der Waals surface area contributed by atoms with Crippen LogP contribution in [0.4, 0.5) is 5.95 Å². The zero-order chi connectivity index (χ0) is 15.0. The summed E-state index contributed by atoms with van der Waals surface area (Å²) in [5.74, 6) is 0.447. The smallest absolute Gasteiger partial charge is 0.201 e. The number of imidazole rings is 1. The Hall–Kier alpha value is -1.42. The van der Waals surface area contributed by atoms with Gasteiger partial charge in [0.05, 0.1) is 10.5 Å². The van der Waals surface area contributed by atoms with Crippen LogP contribution < -0.4 is 5.73 Å². The largest absolute Gasteiger partial charge is 0.369 e. The molecule has 2 aromatic carbocycles. The van der Waals surface area contributed by atoms with E-state index >= 15 is 0 Å². The quantitative estimate of drug-likeness (QED) is 0.742. The topological polar surface area (TPSA) is 43.8 Å². The van der Waals surface area contributed by atoms with E-state index in [0.717, 1.165) is 23.0 Å². The third kappa shape index (κ3) is 2.82. The van der Waals surface area contributed by atoms with Crippen LogP contribution in [0.5, 0.6) is 0 Å². The molecular formula is C15H12Cl3N3. The lowest BCUT2D eigenvalue weighted by atomic mass is 10.1. The van der Waals surface area contributed by atoms with Crippen molar-refractivity contribution >= 4 is 51.8 Å². The second-order valence-electron chi connectivity index (χ2n) is 4.71. The molecule has 0 radical (unpaired) electrons. The van der Waals surface area contributed by atoms with E-state index in [0.29, 0.717) is 27.6 Å². The summed E-state index contributed by atoms with van der Waals surface area (Å²) >= 11 is 18.2. The van der Waals surface area contributed by atoms with E-state index in [1.807, 2.05) is 28.8 Å². The minimum atomic E-state index is 0.447. The van der Waals surface area contributed by atoms with Crippen molar-refractivity contribution in [3.8, 4) is 0 Å². The predicted molar refractivity (Wildman–Crippen MR) is 89.3 cm³/mol. The summed E-state index contributed by atoms with van der Waals surface area (Å²) in [4.78, 5) is 4.32. The van der Waals surface area contributed by atoms with E-state index < -0.39 is 0 Å². The number of halogens is 3. The Bertz CT molecular complexity index is 811. The molecule has 21 heavy (non-hydrogen) atoms. The van der Waals surface area contributed by atoms with E-state index in [-0.39, 0.29) is 0 Å². The molecule has 0 aliphatic heterocycles. The van der Waals surface area contributed by atoms with Crippen molar-refractivity contribution in [2.45, 2.75) is 13.0 Å². The third-order valence-corrected chi connectivity index (χ3v) is 4.27. The lowest BCUT2D eigenvalue weighted by molar-refractivity contribution is 0.726. The highest BCUT2D eigenvalue weighted by Crippen LogP contribution is 2.26. The Morgan fingerprint density at radius 3 is 2.62 bits per heavy atom. The molecular weight excluding hydrogens is 329 g/mol. The second kappa shape index (κ2) is 5.76. The number of nitrogens with zero attached hydrogens (tertiary/aromatic N) is 2. The molecule has 3 aromatic rings. The molecule has 0 spiro atoms. The summed E-state index contributed by atoms with van der Waals surface area (Å²) in [6, 6.07) is 11.1. The van der Waals surface area contributed by atoms with Crippen LogP contribution in [-0.4, -0.2) is 9.55 Å². The lowest BCUT2D eigenvalue weighted by Crippen LogP contribution is -2.06. The van der Waals surface area contributed by atoms with Gasteiger partial charge in [-0.3, -0.25) is 0 Å². The number of benzene rings is 2. The van der Waals surface area contributed by atoms with E-state index in [9.17, 15) is 0 Å². The molecule has 0 aliphatic carbocycles.